The third-order valence-corrected chi connectivity index (χ3v) is 30.4. The van der Waals surface area contributed by atoms with Crippen molar-refractivity contribution in [3.8, 4) is 0 Å². The minimum Gasteiger partial charge on any atom is -0.150 e. The summed E-state index contributed by atoms with van der Waals surface area (Å²) in [5, 5.41) is 0. The molecule has 0 nitrogen and oxygen atoms in total. The molecular formula is C4H9Cl9Si4. The van der Waals surface area contributed by atoms with Gasteiger partial charge < -0.3 is 0 Å². The van der Waals surface area contributed by atoms with Crippen LogP contribution in [0, 0.1) is 0 Å². The van der Waals surface area contributed by atoms with Gasteiger partial charge in [0, 0.05) is 4.79 Å². The zero-order valence-corrected chi connectivity index (χ0v) is 19.4. The second-order valence-corrected chi connectivity index (χ2v) is 34.7. The lowest BCUT2D eigenvalue weighted by Gasteiger charge is -2.32. The first-order valence-electron chi connectivity index (χ1n) is 4.38. The standard InChI is InChI=1S/C4H9Cl9Si4/c1-15(7,8)2-3-16(9,10)4(14(5)6)17(11,12)13/h4,14H,2-3H2,1H3. The highest BCUT2D eigenvalue weighted by Crippen LogP contribution is 2.50. The third kappa shape index (κ3) is 8.49. The van der Waals surface area contributed by atoms with E-state index < -0.39 is 31.6 Å². The van der Waals surface area contributed by atoms with Crippen molar-refractivity contribution in [2.75, 3.05) is 0 Å². The summed E-state index contributed by atoms with van der Waals surface area (Å²) in [4.78, 5) is -0.545. The smallest absolute Gasteiger partial charge is 0.150 e. The Kier molecular flexibility index (Phi) is 9.22. The average molecular weight is 489 g/mol. The zero-order valence-electron chi connectivity index (χ0n) is 8.47. The van der Waals surface area contributed by atoms with Crippen LogP contribution in [0.2, 0.25) is 23.4 Å². The summed E-state index contributed by atoms with van der Waals surface area (Å²) in [6, 6.07) is -2.16. The predicted molar refractivity (Wildman–Crippen MR) is 96.3 cm³/mol. The van der Waals surface area contributed by atoms with Crippen LogP contribution in [0.5, 0.6) is 0 Å². The maximum Gasteiger partial charge on any atom is 0.343 e. The van der Waals surface area contributed by atoms with Crippen LogP contribution in [-0.4, -0.2) is 26.8 Å². The summed E-state index contributed by atoms with van der Waals surface area (Å²) in [6.45, 7) is -3.36. The van der Waals surface area contributed by atoms with Crippen molar-refractivity contribution < 1.29 is 0 Å². The second kappa shape index (κ2) is 7.65. The van der Waals surface area contributed by atoms with Crippen LogP contribution in [0.4, 0.5) is 0 Å². The first-order valence-corrected chi connectivity index (χ1v) is 22.7. The van der Waals surface area contributed by atoms with E-state index in [-0.39, 0.29) is 0 Å². The van der Waals surface area contributed by atoms with Crippen LogP contribution in [-0.2, 0) is 0 Å². The predicted octanol–water partition coefficient (Wildman–Crippen LogP) is 6.26. The molecule has 1 unspecified atom stereocenters. The molecule has 0 rings (SSSR count). The van der Waals surface area contributed by atoms with Crippen LogP contribution in [0.1, 0.15) is 0 Å². The second-order valence-electron chi connectivity index (χ2n) is 3.68. The summed E-state index contributed by atoms with van der Waals surface area (Å²) < 4.78 is 0. The van der Waals surface area contributed by atoms with Gasteiger partial charge >= 0.3 is 6.00 Å². The van der Waals surface area contributed by atoms with E-state index in [1.807, 2.05) is 0 Å². The zero-order chi connectivity index (χ0) is 14.1. The first-order chi connectivity index (χ1) is 7.27. The van der Waals surface area contributed by atoms with Crippen molar-refractivity contribution in [3.05, 3.63) is 0 Å². The largest absolute Gasteiger partial charge is 0.343 e. The minimum atomic E-state index is -3.14. The van der Waals surface area contributed by atoms with Gasteiger partial charge in [0.1, 0.15) is 0 Å². The van der Waals surface area contributed by atoms with E-state index in [9.17, 15) is 0 Å². The number of halogens is 9. The molecule has 0 aliphatic carbocycles. The highest BCUT2D eigenvalue weighted by Gasteiger charge is 2.56. The Morgan fingerprint density at radius 3 is 1.53 bits per heavy atom. The molecule has 0 aliphatic rings. The van der Waals surface area contributed by atoms with Crippen molar-refractivity contribution >= 4 is 127 Å². The maximum absolute atomic E-state index is 6.34. The van der Waals surface area contributed by atoms with E-state index in [0.29, 0.717) is 12.1 Å². The van der Waals surface area contributed by atoms with Gasteiger partial charge in [-0.05, 0) is 18.6 Å². The Bertz CT molecular complexity index is 244. The van der Waals surface area contributed by atoms with Crippen LogP contribution in [0.25, 0.3) is 0 Å². The molecule has 0 bridgehead atoms. The highest BCUT2D eigenvalue weighted by molar-refractivity contribution is 7.74. The van der Waals surface area contributed by atoms with E-state index in [0.717, 1.165) is 0 Å². The molecule has 104 valence electrons. The molecule has 0 N–H and O–H groups in total. The first kappa shape index (κ1) is 20.5. The fraction of sp³-hybridized carbons (Fsp3) is 1.00. The monoisotopic (exact) mass is 484 g/mol. The molecule has 0 fully saturated rings. The van der Waals surface area contributed by atoms with Gasteiger partial charge in [0.25, 0.3) is 6.69 Å². The topological polar surface area (TPSA) is 0 Å². The molecule has 0 aliphatic heterocycles. The van der Waals surface area contributed by atoms with Gasteiger partial charge in [0.05, 0.1) is 0 Å². The Hall–Kier alpha value is 3.48. The number of hydrogen-bond donors (Lipinski definition) is 0. The van der Waals surface area contributed by atoms with E-state index in [4.69, 9.17) is 99.7 Å². The quantitative estimate of drug-likeness (QED) is 0.306. The summed E-state index contributed by atoms with van der Waals surface area (Å²) in [6.07, 6.45) is 0. The molecule has 13 heteroatoms. The molecule has 0 aromatic heterocycles. The molecular weight excluding hydrogens is 479 g/mol. The Labute approximate surface area is 148 Å². The molecule has 0 saturated heterocycles. The lowest BCUT2D eigenvalue weighted by atomic mass is 10.9. The fourth-order valence-electron chi connectivity index (χ4n) is 1.11. The van der Waals surface area contributed by atoms with Gasteiger partial charge in [0.2, 0.25) is 14.1 Å². The molecule has 0 saturated carbocycles. The number of hydrogen-bond acceptors (Lipinski definition) is 0. The summed E-state index contributed by atoms with van der Waals surface area (Å²) in [5.41, 5.74) is 0. The maximum atomic E-state index is 6.34. The Morgan fingerprint density at radius 1 is 0.882 bits per heavy atom. The van der Waals surface area contributed by atoms with Crippen molar-refractivity contribution in [1.82, 2.24) is 0 Å². The van der Waals surface area contributed by atoms with E-state index in [2.05, 4.69) is 0 Å². The highest BCUT2D eigenvalue weighted by atomic mass is 35.8. The van der Waals surface area contributed by atoms with Gasteiger partial charge in [-0.25, -0.2) is 0 Å². The SMILES string of the molecule is C[Si](Cl)(Cl)CC[Si](Cl)(Cl)C([SiH](Cl)Cl)[Si](Cl)(Cl)Cl. The van der Waals surface area contributed by atoms with Crippen molar-refractivity contribution in [2.45, 2.75) is 23.4 Å². The van der Waals surface area contributed by atoms with Crippen LogP contribution in [0.3, 0.4) is 0 Å². The van der Waals surface area contributed by atoms with E-state index >= 15 is 0 Å². The molecule has 0 aromatic rings. The number of rotatable bonds is 6. The van der Waals surface area contributed by atoms with Gasteiger partial charge in [-0.3, -0.25) is 0 Å². The lowest BCUT2D eigenvalue weighted by molar-refractivity contribution is 1.35. The molecule has 0 spiro atoms. The van der Waals surface area contributed by atoms with Crippen LogP contribution in [0.15, 0.2) is 0 Å². The molecule has 0 radical (unpaired) electrons. The summed E-state index contributed by atoms with van der Waals surface area (Å²) >= 11 is 54.5. The molecule has 17 heavy (non-hydrogen) atoms. The van der Waals surface area contributed by atoms with Gasteiger partial charge in [-0.2, -0.15) is 22.2 Å². The van der Waals surface area contributed by atoms with Gasteiger partial charge in [-0.15, -0.1) is 77.6 Å². The van der Waals surface area contributed by atoms with Crippen molar-refractivity contribution in [2.24, 2.45) is 0 Å². The third-order valence-electron chi connectivity index (χ3n) is 1.96. The minimum absolute atomic E-state index is 0.445. The summed E-state index contributed by atoms with van der Waals surface area (Å²) in [5.74, 6) is 0. The van der Waals surface area contributed by atoms with Gasteiger partial charge in [0.15, 0.2) is 0 Å². The lowest BCUT2D eigenvalue weighted by Crippen LogP contribution is -2.44. The molecule has 0 aromatic carbocycles. The molecule has 1 atom stereocenters. The average Bonchev–Trinajstić information content (AvgIpc) is 1.94. The van der Waals surface area contributed by atoms with E-state index in [1.54, 1.807) is 6.55 Å². The van der Waals surface area contributed by atoms with Crippen molar-refractivity contribution in [3.63, 3.8) is 0 Å². The Balaban J connectivity index is 4.86. The fourth-order valence-corrected chi connectivity index (χ4v) is 43.1. The van der Waals surface area contributed by atoms with Gasteiger partial charge in [-0.1, -0.05) is 0 Å². The van der Waals surface area contributed by atoms with E-state index in [1.165, 1.54) is 0 Å². The normalized spacial score (nSPS) is 16.4. The van der Waals surface area contributed by atoms with Crippen LogP contribution >= 0.6 is 99.7 Å². The summed E-state index contributed by atoms with van der Waals surface area (Å²) in [7, 11) is -2.28. The Morgan fingerprint density at radius 2 is 1.29 bits per heavy atom. The molecule has 0 heterocycles. The van der Waals surface area contributed by atoms with Crippen molar-refractivity contribution in [1.29, 1.82) is 0 Å². The molecule has 0 amide bonds. The van der Waals surface area contributed by atoms with Crippen LogP contribution < -0.4 is 0 Å².